The molecule has 0 aromatic rings. The molecule has 0 aromatic heterocycles. The molecule has 0 saturated heterocycles. The van der Waals surface area contributed by atoms with Crippen molar-refractivity contribution in [1.29, 1.82) is 0 Å². The van der Waals surface area contributed by atoms with Gasteiger partial charge in [-0.2, -0.15) is 0 Å². The highest BCUT2D eigenvalue weighted by Crippen LogP contribution is 2.43. The van der Waals surface area contributed by atoms with Crippen LogP contribution in [0.25, 0.3) is 0 Å². The molecule has 3 N–H and O–H groups in total. The Bertz CT molecular complexity index is 1210. The number of allylic oxidation sites excluding steroid dienone is 8. The molecule has 1 amide bonds. The predicted octanol–water partition coefficient (Wildman–Crippen LogP) is 16.8. The number of hydrogen-bond donors (Lipinski definition) is 3. The molecule has 0 aliphatic heterocycles. The Morgan fingerprint density at radius 1 is 0.530 bits per heavy atom. The van der Waals surface area contributed by atoms with Crippen LogP contribution in [0.1, 0.15) is 258 Å². The minimum atomic E-state index is -4.31. The number of carbonyl (C=O) groups excluding carboxylic acids is 1. The molecule has 0 fully saturated rings. The van der Waals surface area contributed by atoms with Crippen LogP contribution >= 0.6 is 7.82 Å². The Labute approximate surface area is 409 Å². The molecule has 0 aromatic carbocycles. The smallest absolute Gasteiger partial charge is 0.391 e. The van der Waals surface area contributed by atoms with Gasteiger partial charge in [-0.15, -0.1) is 0 Å². The minimum absolute atomic E-state index is 0.0756. The maximum Gasteiger partial charge on any atom is 0.472 e. The number of phosphoric ester groups is 1. The van der Waals surface area contributed by atoms with Gasteiger partial charge in [0.25, 0.3) is 0 Å². The first-order valence-corrected chi connectivity index (χ1v) is 29.5. The topological polar surface area (TPSA) is 105 Å². The molecule has 66 heavy (non-hydrogen) atoms. The number of likely N-dealkylation sites (N-methyl/N-ethyl adjacent to an activating group) is 1. The number of quaternary nitrogens is 1. The molecule has 3 unspecified atom stereocenters. The van der Waals surface area contributed by atoms with E-state index in [1.807, 2.05) is 21.1 Å². The van der Waals surface area contributed by atoms with Crippen LogP contribution in [0.5, 0.6) is 0 Å². The molecule has 0 saturated carbocycles. The van der Waals surface area contributed by atoms with Crippen LogP contribution < -0.4 is 5.32 Å². The van der Waals surface area contributed by atoms with E-state index in [-0.39, 0.29) is 19.1 Å². The van der Waals surface area contributed by atoms with Gasteiger partial charge in [0.05, 0.1) is 39.9 Å². The number of hydrogen-bond acceptors (Lipinski definition) is 5. The summed E-state index contributed by atoms with van der Waals surface area (Å²) in [6.07, 6.45) is 63.4. The van der Waals surface area contributed by atoms with Crippen molar-refractivity contribution in [3.8, 4) is 0 Å². The predicted molar refractivity (Wildman–Crippen MR) is 286 cm³/mol. The summed E-state index contributed by atoms with van der Waals surface area (Å²) in [6, 6.07) is -0.757. The summed E-state index contributed by atoms with van der Waals surface area (Å²) in [7, 11) is 1.62. The molecule has 0 rings (SSSR count). The number of aliphatic hydroxyl groups is 1. The van der Waals surface area contributed by atoms with Crippen LogP contribution in [0.3, 0.4) is 0 Å². The molecule has 0 bridgehead atoms. The second-order valence-corrected chi connectivity index (χ2v) is 21.7. The first-order chi connectivity index (χ1) is 32.0. The van der Waals surface area contributed by atoms with Crippen molar-refractivity contribution < 1.29 is 32.9 Å². The van der Waals surface area contributed by atoms with Gasteiger partial charge in [-0.3, -0.25) is 13.8 Å². The van der Waals surface area contributed by atoms with Crippen LogP contribution in [-0.4, -0.2) is 73.4 Å². The summed E-state index contributed by atoms with van der Waals surface area (Å²) in [5.41, 5.74) is 0. The molecule has 0 radical (unpaired) electrons. The summed E-state index contributed by atoms with van der Waals surface area (Å²) in [5, 5.41) is 13.9. The van der Waals surface area contributed by atoms with E-state index in [1.165, 1.54) is 167 Å². The average molecular weight is 950 g/mol. The van der Waals surface area contributed by atoms with E-state index in [0.29, 0.717) is 23.9 Å². The summed E-state index contributed by atoms with van der Waals surface area (Å²) >= 11 is 0. The van der Waals surface area contributed by atoms with E-state index in [1.54, 1.807) is 0 Å². The molecule has 0 heterocycles. The summed E-state index contributed by atoms with van der Waals surface area (Å²) in [6.45, 7) is 4.76. The number of nitrogens with one attached hydrogen (secondary N) is 1. The van der Waals surface area contributed by atoms with E-state index in [0.717, 1.165) is 64.2 Å². The van der Waals surface area contributed by atoms with E-state index in [9.17, 15) is 19.4 Å². The number of rotatable bonds is 51. The number of phosphoric acid groups is 1. The van der Waals surface area contributed by atoms with Gasteiger partial charge in [0, 0.05) is 6.42 Å². The van der Waals surface area contributed by atoms with Gasteiger partial charge in [0.2, 0.25) is 5.91 Å². The molecule has 3 atom stereocenters. The lowest BCUT2D eigenvalue weighted by molar-refractivity contribution is -0.870. The molecular formula is C57H110N2O6P+. The Kier molecular flexibility index (Phi) is 47.4. The fraction of sp³-hybridized carbons (Fsp3) is 0.842. The number of nitrogens with zero attached hydrogens (tertiary/aromatic N) is 1. The zero-order valence-corrected chi connectivity index (χ0v) is 45.1. The summed E-state index contributed by atoms with van der Waals surface area (Å²) in [4.78, 5) is 23.2. The first kappa shape index (κ1) is 64.5. The monoisotopic (exact) mass is 950 g/mol. The molecule has 9 heteroatoms. The normalized spacial score (nSPS) is 14.3. The number of unbranched alkanes of at least 4 members (excludes halogenated alkanes) is 30. The Hall–Kier alpha value is -1.54. The molecule has 0 spiro atoms. The molecule has 8 nitrogen and oxygen atoms in total. The van der Waals surface area contributed by atoms with E-state index in [4.69, 9.17) is 9.05 Å². The first-order valence-electron chi connectivity index (χ1n) is 28.0. The summed E-state index contributed by atoms with van der Waals surface area (Å²) in [5.74, 6) is -0.144. The van der Waals surface area contributed by atoms with Crippen LogP contribution in [0.2, 0.25) is 0 Å². The van der Waals surface area contributed by atoms with E-state index in [2.05, 4.69) is 67.8 Å². The molecule has 388 valence electrons. The Morgan fingerprint density at radius 3 is 1.33 bits per heavy atom. The van der Waals surface area contributed by atoms with Crippen molar-refractivity contribution in [2.24, 2.45) is 0 Å². The third-order valence-corrected chi connectivity index (χ3v) is 13.6. The third kappa shape index (κ3) is 50.3. The van der Waals surface area contributed by atoms with Crippen LogP contribution in [0.15, 0.2) is 48.6 Å². The molecule has 0 aliphatic rings. The van der Waals surface area contributed by atoms with Gasteiger partial charge in [0.15, 0.2) is 0 Å². The van der Waals surface area contributed by atoms with Gasteiger partial charge >= 0.3 is 7.82 Å². The van der Waals surface area contributed by atoms with Gasteiger partial charge in [0.1, 0.15) is 13.2 Å². The number of aliphatic hydroxyl groups excluding tert-OH is 1. The second kappa shape index (κ2) is 48.5. The maximum absolute atomic E-state index is 12.9. The number of carbonyl (C=O) groups is 1. The van der Waals surface area contributed by atoms with Gasteiger partial charge in [-0.05, 0) is 51.4 Å². The SMILES string of the molecule is CC/C=C\C/C=C\C/C=C\C/C=C\CCCCCCCCCCCCCCCCCCCCCCCCC(=O)NC(COP(=O)(O)OCC[N+](C)(C)C)C(O)CCCCCCCCCCC. The third-order valence-electron chi connectivity index (χ3n) is 12.6. The van der Waals surface area contributed by atoms with Gasteiger partial charge in [-0.25, -0.2) is 4.57 Å². The van der Waals surface area contributed by atoms with Crippen LogP contribution in [0, 0.1) is 0 Å². The van der Waals surface area contributed by atoms with E-state index >= 15 is 0 Å². The molecule has 0 aliphatic carbocycles. The van der Waals surface area contributed by atoms with Crippen LogP contribution in [0.4, 0.5) is 0 Å². The van der Waals surface area contributed by atoms with Crippen molar-refractivity contribution in [3.05, 3.63) is 48.6 Å². The molecular weight excluding hydrogens is 840 g/mol. The van der Waals surface area contributed by atoms with Crippen molar-refractivity contribution >= 4 is 13.7 Å². The van der Waals surface area contributed by atoms with Crippen molar-refractivity contribution in [1.82, 2.24) is 5.32 Å². The largest absolute Gasteiger partial charge is 0.472 e. The van der Waals surface area contributed by atoms with Gasteiger partial charge < -0.3 is 19.8 Å². The maximum atomic E-state index is 12.9. The zero-order valence-electron chi connectivity index (χ0n) is 44.2. The minimum Gasteiger partial charge on any atom is -0.391 e. The quantitative estimate of drug-likeness (QED) is 0.0243. The fourth-order valence-corrected chi connectivity index (χ4v) is 8.95. The average Bonchev–Trinajstić information content (AvgIpc) is 3.28. The lowest BCUT2D eigenvalue weighted by Gasteiger charge is -2.26. The van der Waals surface area contributed by atoms with Crippen molar-refractivity contribution in [2.75, 3.05) is 40.9 Å². The standard InChI is InChI=1S/C57H109N2O6P/c1-6-8-10-12-14-16-17-18-19-20-21-22-23-24-25-26-27-28-29-30-31-32-33-34-35-36-37-38-39-40-41-43-45-47-49-51-57(61)58-55(54-65-66(62,63)64-53-52-59(3,4)5)56(60)50-48-46-44-42-15-13-11-9-7-2/h8,10,14,16,18-19,21-22,55-56,60H,6-7,9,11-13,15,17,20,23-54H2,1-5H3,(H-,58,61,62,63)/p+1/b10-8-,16-14-,19-18-,22-21-. The summed E-state index contributed by atoms with van der Waals surface area (Å²) < 4.78 is 23.6. The highest BCUT2D eigenvalue weighted by molar-refractivity contribution is 7.47. The van der Waals surface area contributed by atoms with Gasteiger partial charge in [-0.1, -0.05) is 249 Å². The fourth-order valence-electron chi connectivity index (χ4n) is 8.22. The zero-order chi connectivity index (χ0) is 48.5. The van der Waals surface area contributed by atoms with E-state index < -0.39 is 20.0 Å². The highest BCUT2D eigenvalue weighted by Gasteiger charge is 2.28. The second-order valence-electron chi connectivity index (χ2n) is 20.3. The lowest BCUT2D eigenvalue weighted by atomic mass is 10.0. The number of amides is 1. The Balaban J connectivity index is 3.86. The highest BCUT2D eigenvalue weighted by atomic mass is 31.2. The lowest BCUT2D eigenvalue weighted by Crippen LogP contribution is -2.46. The Morgan fingerprint density at radius 2 is 0.909 bits per heavy atom. The van der Waals surface area contributed by atoms with Crippen molar-refractivity contribution in [2.45, 2.75) is 270 Å². The van der Waals surface area contributed by atoms with Crippen molar-refractivity contribution in [3.63, 3.8) is 0 Å². The van der Waals surface area contributed by atoms with Crippen LogP contribution in [-0.2, 0) is 18.4 Å².